The molecule has 4 nitrogen and oxygen atoms in total. The number of hydrogen-bond donors (Lipinski definition) is 2. The molecule has 0 unspecified atom stereocenters. The summed E-state index contributed by atoms with van der Waals surface area (Å²) >= 11 is 5.98. The third-order valence-electron chi connectivity index (χ3n) is 3.54. The van der Waals surface area contributed by atoms with Gasteiger partial charge in [0.1, 0.15) is 0 Å². The number of H-pyrrole nitrogens is 1. The largest absolute Gasteiger partial charge is 0.380 e. The lowest BCUT2D eigenvalue weighted by Crippen LogP contribution is -2.17. The highest BCUT2D eigenvalue weighted by atomic mass is 35.5. The number of rotatable bonds is 4. The summed E-state index contributed by atoms with van der Waals surface area (Å²) in [6, 6.07) is 9.20. The number of aromatic amines is 1. The third-order valence-corrected chi connectivity index (χ3v) is 3.77. The molecule has 108 valence electrons. The van der Waals surface area contributed by atoms with Crippen molar-refractivity contribution >= 4 is 28.2 Å². The Hall–Kier alpha value is -2.20. The van der Waals surface area contributed by atoms with Gasteiger partial charge in [0.2, 0.25) is 0 Å². The molecule has 0 bridgehead atoms. The van der Waals surface area contributed by atoms with Gasteiger partial charge < -0.3 is 14.9 Å². The van der Waals surface area contributed by atoms with E-state index in [-0.39, 0.29) is 5.56 Å². The Bertz CT molecular complexity index is 835. The molecule has 2 N–H and O–H groups in total. The van der Waals surface area contributed by atoms with Gasteiger partial charge in [0.05, 0.1) is 5.69 Å². The fourth-order valence-corrected chi connectivity index (χ4v) is 2.56. The Morgan fingerprint density at radius 3 is 2.95 bits per heavy atom. The Balaban J connectivity index is 1.82. The number of nitrogens with one attached hydrogen (secondary N) is 2. The number of aromatic nitrogens is 2. The van der Waals surface area contributed by atoms with Crippen LogP contribution in [0.3, 0.4) is 0 Å². The Labute approximate surface area is 127 Å². The molecule has 0 aliphatic carbocycles. The highest BCUT2D eigenvalue weighted by molar-refractivity contribution is 6.31. The van der Waals surface area contributed by atoms with Crippen molar-refractivity contribution in [1.29, 1.82) is 0 Å². The zero-order valence-corrected chi connectivity index (χ0v) is 12.4. The van der Waals surface area contributed by atoms with E-state index in [0.29, 0.717) is 13.1 Å². The summed E-state index contributed by atoms with van der Waals surface area (Å²) in [7, 11) is 0. The van der Waals surface area contributed by atoms with E-state index in [4.69, 9.17) is 11.6 Å². The van der Waals surface area contributed by atoms with Gasteiger partial charge in [-0.2, -0.15) is 0 Å². The molecule has 21 heavy (non-hydrogen) atoms. The maximum Gasteiger partial charge on any atom is 0.250 e. The van der Waals surface area contributed by atoms with Gasteiger partial charge in [0, 0.05) is 47.5 Å². The monoisotopic (exact) mass is 301 g/mol. The SMILES string of the molecule is CCn1cc(NCc2c[nH]c3cc(Cl)ccc23)ccc1=O. The van der Waals surface area contributed by atoms with Gasteiger partial charge in [0.25, 0.3) is 5.56 Å². The van der Waals surface area contributed by atoms with Gasteiger partial charge in [-0.05, 0) is 30.7 Å². The predicted molar refractivity (Wildman–Crippen MR) is 87.0 cm³/mol. The number of nitrogens with zero attached hydrogens (tertiary/aromatic N) is 1. The molecular formula is C16H16ClN3O. The van der Waals surface area contributed by atoms with Crippen LogP contribution < -0.4 is 10.9 Å². The van der Waals surface area contributed by atoms with Crippen LogP contribution in [-0.4, -0.2) is 9.55 Å². The number of benzene rings is 1. The summed E-state index contributed by atoms with van der Waals surface area (Å²) < 4.78 is 1.68. The molecule has 2 heterocycles. The van der Waals surface area contributed by atoms with Crippen LogP contribution in [0, 0.1) is 0 Å². The third kappa shape index (κ3) is 2.81. The van der Waals surface area contributed by atoms with Gasteiger partial charge >= 0.3 is 0 Å². The minimum absolute atomic E-state index is 0.0183. The molecule has 0 spiro atoms. The van der Waals surface area contributed by atoms with E-state index in [2.05, 4.69) is 10.3 Å². The lowest BCUT2D eigenvalue weighted by molar-refractivity contribution is 0.727. The first-order valence-electron chi connectivity index (χ1n) is 6.87. The maximum atomic E-state index is 11.6. The molecule has 0 aliphatic rings. The molecule has 3 aromatic rings. The van der Waals surface area contributed by atoms with Gasteiger partial charge in [-0.1, -0.05) is 17.7 Å². The number of fused-ring (bicyclic) bond motifs is 1. The van der Waals surface area contributed by atoms with Gasteiger partial charge in [-0.25, -0.2) is 0 Å². The van der Waals surface area contributed by atoms with Crippen LogP contribution in [-0.2, 0) is 13.1 Å². The lowest BCUT2D eigenvalue weighted by atomic mass is 10.2. The molecule has 0 aliphatic heterocycles. The maximum absolute atomic E-state index is 11.6. The summed E-state index contributed by atoms with van der Waals surface area (Å²) in [5.74, 6) is 0. The topological polar surface area (TPSA) is 49.8 Å². The van der Waals surface area contributed by atoms with Crippen molar-refractivity contribution in [3.63, 3.8) is 0 Å². The van der Waals surface area contributed by atoms with Crippen molar-refractivity contribution in [2.75, 3.05) is 5.32 Å². The van der Waals surface area contributed by atoms with E-state index in [1.165, 1.54) is 0 Å². The molecular weight excluding hydrogens is 286 g/mol. The normalized spacial score (nSPS) is 11.0. The van der Waals surface area contributed by atoms with Crippen LogP contribution in [0.5, 0.6) is 0 Å². The van der Waals surface area contributed by atoms with E-state index in [0.717, 1.165) is 27.2 Å². The fourth-order valence-electron chi connectivity index (χ4n) is 2.39. The molecule has 0 radical (unpaired) electrons. The highest BCUT2D eigenvalue weighted by Gasteiger charge is 2.04. The van der Waals surface area contributed by atoms with Crippen molar-refractivity contribution in [3.05, 3.63) is 63.7 Å². The second-order valence-corrected chi connectivity index (χ2v) is 5.34. The van der Waals surface area contributed by atoms with Crippen molar-refractivity contribution < 1.29 is 0 Å². The first kappa shape index (κ1) is 13.8. The summed E-state index contributed by atoms with van der Waals surface area (Å²) in [5.41, 5.74) is 3.14. The fraction of sp³-hybridized carbons (Fsp3) is 0.188. The van der Waals surface area contributed by atoms with Crippen LogP contribution in [0.4, 0.5) is 5.69 Å². The van der Waals surface area contributed by atoms with E-state index >= 15 is 0 Å². The highest BCUT2D eigenvalue weighted by Crippen LogP contribution is 2.22. The first-order valence-corrected chi connectivity index (χ1v) is 7.25. The number of anilines is 1. The number of halogens is 1. The predicted octanol–water partition coefficient (Wildman–Crippen LogP) is 3.62. The zero-order chi connectivity index (χ0) is 14.8. The summed E-state index contributed by atoms with van der Waals surface area (Å²) in [4.78, 5) is 14.8. The molecule has 0 amide bonds. The van der Waals surface area contributed by atoms with E-state index in [1.807, 2.05) is 37.5 Å². The van der Waals surface area contributed by atoms with Gasteiger partial charge in [0.15, 0.2) is 0 Å². The molecule has 0 saturated carbocycles. The van der Waals surface area contributed by atoms with Crippen LogP contribution in [0.25, 0.3) is 10.9 Å². The molecule has 2 aromatic heterocycles. The van der Waals surface area contributed by atoms with Gasteiger partial charge in [-0.3, -0.25) is 4.79 Å². The average molecular weight is 302 g/mol. The standard InChI is InChI=1S/C16H16ClN3O/c1-2-20-10-13(4-6-16(20)21)18-8-11-9-19-15-7-12(17)3-5-14(11)15/h3-7,9-10,18-19H,2,8H2,1H3. The van der Waals surface area contributed by atoms with Crippen molar-refractivity contribution in [2.45, 2.75) is 20.0 Å². The molecule has 1 aromatic carbocycles. The Kier molecular flexibility index (Phi) is 3.71. The van der Waals surface area contributed by atoms with Gasteiger partial charge in [-0.15, -0.1) is 0 Å². The second kappa shape index (κ2) is 5.66. The zero-order valence-electron chi connectivity index (χ0n) is 11.7. The van der Waals surface area contributed by atoms with Crippen LogP contribution in [0.1, 0.15) is 12.5 Å². The number of hydrogen-bond acceptors (Lipinski definition) is 2. The second-order valence-electron chi connectivity index (χ2n) is 4.90. The minimum Gasteiger partial charge on any atom is -0.380 e. The average Bonchev–Trinajstić information content (AvgIpc) is 2.88. The summed E-state index contributed by atoms with van der Waals surface area (Å²) in [6.45, 7) is 3.30. The summed E-state index contributed by atoms with van der Waals surface area (Å²) in [6.07, 6.45) is 3.82. The van der Waals surface area contributed by atoms with Crippen molar-refractivity contribution in [3.8, 4) is 0 Å². The van der Waals surface area contributed by atoms with E-state index in [1.54, 1.807) is 16.7 Å². The Morgan fingerprint density at radius 1 is 1.29 bits per heavy atom. The number of pyridine rings is 1. The molecule has 0 atom stereocenters. The van der Waals surface area contributed by atoms with Crippen LogP contribution in [0.15, 0.2) is 47.5 Å². The Morgan fingerprint density at radius 2 is 2.14 bits per heavy atom. The summed E-state index contributed by atoms with van der Waals surface area (Å²) in [5, 5.41) is 5.21. The van der Waals surface area contributed by atoms with E-state index in [9.17, 15) is 4.79 Å². The van der Waals surface area contributed by atoms with Crippen LogP contribution >= 0.6 is 11.6 Å². The molecule has 0 saturated heterocycles. The van der Waals surface area contributed by atoms with Crippen molar-refractivity contribution in [1.82, 2.24) is 9.55 Å². The van der Waals surface area contributed by atoms with Crippen molar-refractivity contribution in [2.24, 2.45) is 0 Å². The van der Waals surface area contributed by atoms with E-state index < -0.39 is 0 Å². The smallest absolute Gasteiger partial charge is 0.250 e. The first-order chi connectivity index (χ1) is 10.2. The molecule has 0 fully saturated rings. The minimum atomic E-state index is 0.0183. The molecule has 5 heteroatoms. The number of aryl methyl sites for hydroxylation is 1. The van der Waals surface area contributed by atoms with Crippen LogP contribution in [0.2, 0.25) is 5.02 Å². The lowest BCUT2D eigenvalue weighted by Gasteiger charge is -2.08. The molecule has 3 rings (SSSR count). The quantitative estimate of drug-likeness (QED) is 0.773.